The van der Waals surface area contributed by atoms with Gasteiger partial charge in [0.25, 0.3) is 0 Å². The lowest BCUT2D eigenvalue weighted by Crippen LogP contribution is -2.54. The molecule has 0 unspecified atom stereocenters. The van der Waals surface area contributed by atoms with Crippen molar-refractivity contribution in [3.8, 4) is 11.8 Å². The molecule has 7 amide bonds. The number of hydrogen-bond acceptors (Lipinski definition) is 10. The van der Waals surface area contributed by atoms with Crippen LogP contribution in [-0.2, 0) is 49.5 Å². The molecule has 0 fully saturated rings. The largest absolute Gasteiger partial charge is 0.379 e. The van der Waals surface area contributed by atoms with Gasteiger partial charge in [-0.25, -0.2) is 4.79 Å². The molecule has 0 saturated carbocycles. The fourth-order valence-corrected chi connectivity index (χ4v) is 6.42. The van der Waals surface area contributed by atoms with Crippen LogP contribution in [-0.4, -0.2) is 114 Å². The number of benzene rings is 3. The number of carbonyl (C=O) groups excluding carboxylic acids is 6. The molecule has 7 N–H and O–H groups in total. The van der Waals surface area contributed by atoms with Crippen molar-refractivity contribution in [2.24, 2.45) is 11.7 Å². The van der Waals surface area contributed by atoms with Gasteiger partial charge in [0, 0.05) is 49.2 Å². The van der Waals surface area contributed by atoms with Gasteiger partial charge in [-0.05, 0) is 54.7 Å². The van der Waals surface area contributed by atoms with Crippen molar-refractivity contribution in [1.82, 2.24) is 21.3 Å². The zero-order valence-corrected chi connectivity index (χ0v) is 36.7. The molecule has 3 aromatic rings. The summed E-state index contributed by atoms with van der Waals surface area (Å²) >= 11 is 0. The molecule has 344 valence electrons. The van der Waals surface area contributed by atoms with E-state index in [-0.39, 0.29) is 69.1 Å². The molecular formula is C47H61N7O10. The number of anilines is 2. The highest BCUT2D eigenvalue weighted by molar-refractivity contribution is 5.99. The van der Waals surface area contributed by atoms with Crippen molar-refractivity contribution in [2.45, 2.75) is 64.6 Å². The van der Waals surface area contributed by atoms with Crippen molar-refractivity contribution in [2.75, 3.05) is 76.2 Å². The first kappa shape index (κ1) is 50.3. The minimum Gasteiger partial charge on any atom is -0.379 e. The Bertz CT molecular complexity index is 2040. The third kappa shape index (κ3) is 18.6. The molecule has 2 atom stereocenters. The molecule has 0 aromatic heterocycles. The fraction of sp³-hybridized carbons (Fsp3) is 0.447. The van der Waals surface area contributed by atoms with E-state index in [1.807, 2.05) is 54.6 Å². The Morgan fingerprint density at radius 2 is 1.25 bits per heavy atom. The lowest BCUT2D eigenvalue weighted by molar-refractivity contribution is -0.132. The van der Waals surface area contributed by atoms with Gasteiger partial charge in [-0.3, -0.25) is 24.0 Å². The van der Waals surface area contributed by atoms with Crippen molar-refractivity contribution < 1.29 is 47.7 Å². The van der Waals surface area contributed by atoms with E-state index in [1.165, 1.54) is 0 Å². The summed E-state index contributed by atoms with van der Waals surface area (Å²) < 4.78 is 22.1. The zero-order valence-electron chi connectivity index (χ0n) is 36.7. The SMILES string of the molecule is CC(C)[C@H](NC(=O)CCOCCOCCOCCOCCNC(=O)CCC(=O)N1Cc2ccccc2C#Cc2ccccc21)C(=O)N[C@@H](CCCNC(N)=O)C(=O)Nc1ccccc1. The van der Waals surface area contributed by atoms with Crippen LogP contribution in [0.3, 0.4) is 0 Å². The highest BCUT2D eigenvalue weighted by Gasteiger charge is 2.29. The number of rotatable bonds is 28. The maximum absolute atomic E-state index is 13.3. The van der Waals surface area contributed by atoms with Gasteiger partial charge in [-0.2, -0.15) is 0 Å². The summed E-state index contributed by atoms with van der Waals surface area (Å²) in [5.41, 5.74) is 9.02. The molecule has 3 aromatic carbocycles. The van der Waals surface area contributed by atoms with Gasteiger partial charge >= 0.3 is 6.03 Å². The number of urea groups is 1. The molecule has 0 saturated heterocycles. The van der Waals surface area contributed by atoms with Gasteiger partial charge in [0.1, 0.15) is 12.1 Å². The van der Waals surface area contributed by atoms with Gasteiger partial charge in [0.05, 0.1) is 65.1 Å². The third-order valence-electron chi connectivity index (χ3n) is 9.81. The Morgan fingerprint density at radius 1 is 0.641 bits per heavy atom. The van der Waals surface area contributed by atoms with Crippen LogP contribution in [0.15, 0.2) is 78.9 Å². The molecule has 4 rings (SSSR count). The predicted molar refractivity (Wildman–Crippen MR) is 241 cm³/mol. The number of nitrogens with one attached hydrogen (secondary N) is 5. The number of nitrogens with zero attached hydrogens (tertiary/aromatic N) is 1. The molecule has 1 aliphatic rings. The summed E-state index contributed by atoms with van der Waals surface area (Å²) in [5.74, 6) is 4.38. The molecule has 0 bridgehead atoms. The Kier molecular flexibility index (Phi) is 22.3. The standard InChI is InChI=1S/C47H61N7O10/c1-34(2)44(46(59)52-39(16-10-23-50-47(48)60)45(58)51-38-14-4-3-5-15-38)53-42(56)22-25-61-27-29-63-31-32-64-30-28-62-26-24-49-41(55)20-21-43(57)54-33-37-13-7-6-11-35(37)18-19-36-12-8-9-17-40(36)54/h3-9,11-15,17,34,39,44H,10,16,20-33H2,1-2H3,(H,49,55)(H,51,58)(H,52,59)(H,53,56)(H3,48,50,60)/t39-,44-/m0/s1. The van der Waals surface area contributed by atoms with E-state index in [1.54, 1.807) is 43.0 Å². The Labute approximate surface area is 374 Å². The Balaban J connectivity index is 1.00. The number of hydrogen-bond donors (Lipinski definition) is 6. The molecule has 17 nitrogen and oxygen atoms in total. The molecular weight excluding hydrogens is 823 g/mol. The summed E-state index contributed by atoms with van der Waals surface area (Å²) in [4.78, 5) is 77.7. The number of primary amides is 1. The lowest BCUT2D eigenvalue weighted by Gasteiger charge is -2.26. The van der Waals surface area contributed by atoms with Crippen LogP contribution in [0.4, 0.5) is 16.2 Å². The molecule has 0 aliphatic carbocycles. The van der Waals surface area contributed by atoms with Crippen LogP contribution in [0.1, 0.15) is 62.6 Å². The number of amides is 7. The third-order valence-corrected chi connectivity index (χ3v) is 9.81. The average molecular weight is 884 g/mol. The second-order valence-electron chi connectivity index (χ2n) is 15.1. The van der Waals surface area contributed by atoms with Crippen LogP contribution in [0.2, 0.25) is 0 Å². The Hall–Kier alpha value is -6.32. The fourth-order valence-electron chi connectivity index (χ4n) is 6.42. The topological polar surface area (TPSA) is 229 Å². The van der Waals surface area contributed by atoms with Gasteiger partial charge < -0.3 is 56.2 Å². The number of para-hydroxylation sites is 2. The molecule has 1 heterocycles. The van der Waals surface area contributed by atoms with E-state index in [9.17, 15) is 28.8 Å². The lowest BCUT2D eigenvalue weighted by atomic mass is 10.0. The number of fused-ring (bicyclic) bond motifs is 2. The van der Waals surface area contributed by atoms with Crippen LogP contribution in [0.25, 0.3) is 0 Å². The summed E-state index contributed by atoms with van der Waals surface area (Å²) in [5, 5.41) is 13.5. The number of ether oxygens (including phenoxy) is 4. The van der Waals surface area contributed by atoms with Crippen molar-refractivity contribution in [3.05, 3.63) is 95.6 Å². The second kappa shape index (κ2) is 28.4. The van der Waals surface area contributed by atoms with E-state index in [0.717, 1.165) is 22.4 Å². The van der Waals surface area contributed by atoms with Gasteiger partial charge in [0.15, 0.2) is 0 Å². The highest BCUT2D eigenvalue weighted by atomic mass is 16.6. The van der Waals surface area contributed by atoms with E-state index < -0.39 is 29.9 Å². The quantitative estimate of drug-likeness (QED) is 0.0462. The van der Waals surface area contributed by atoms with E-state index in [4.69, 9.17) is 24.7 Å². The number of carbonyl (C=O) groups is 6. The van der Waals surface area contributed by atoms with Crippen molar-refractivity contribution in [1.29, 1.82) is 0 Å². The average Bonchev–Trinajstić information content (AvgIpc) is 3.27. The normalized spacial score (nSPS) is 12.5. The predicted octanol–water partition coefficient (Wildman–Crippen LogP) is 3.00. The monoisotopic (exact) mass is 883 g/mol. The van der Waals surface area contributed by atoms with Crippen LogP contribution in [0, 0.1) is 17.8 Å². The first-order valence-corrected chi connectivity index (χ1v) is 21.6. The molecule has 0 radical (unpaired) electrons. The molecule has 17 heteroatoms. The molecule has 0 spiro atoms. The minimum absolute atomic E-state index is 0.0139. The molecule has 1 aliphatic heterocycles. The summed E-state index contributed by atoms with van der Waals surface area (Å²) in [6.07, 6.45) is 0.719. The summed E-state index contributed by atoms with van der Waals surface area (Å²) in [6.45, 7) is 6.77. The van der Waals surface area contributed by atoms with Crippen molar-refractivity contribution >= 4 is 46.9 Å². The first-order chi connectivity index (χ1) is 31.0. The Morgan fingerprint density at radius 3 is 1.94 bits per heavy atom. The summed E-state index contributed by atoms with van der Waals surface area (Å²) in [7, 11) is 0. The van der Waals surface area contributed by atoms with Crippen molar-refractivity contribution in [3.63, 3.8) is 0 Å². The molecule has 64 heavy (non-hydrogen) atoms. The second-order valence-corrected chi connectivity index (χ2v) is 15.1. The van der Waals surface area contributed by atoms with Gasteiger partial charge in [-0.1, -0.05) is 74.2 Å². The smallest absolute Gasteiger partial charge is 0.312 e. The van der Waals surface area contributed by atoms with Crippen LogP contribution in [0.5, 0.6) is 0 Å². The van der Waals surface area contributed by atoms with E-state index in [2.05, 4.69) is 38.4 Å². The maximum atomic E-state index is 13.3. The number of nitrogens with two attached hydrogens (primary N) is 1. The first-order valence-electron chi connectivity index (χ1n) is 21.6. The highest BCUT2D eigenvalue weighted by Crippen LogP contribution is 2.26. The summed E-state index contributed by atoms with van der Waals surface area (Å²) in [6, 6.07) is 21.6. The van der Waals surface area contributed by atoms with E-state index in [0.29, 0.717) is 64.8 Å². The van der Waals surface area contributed by atoms with Gasteiger partial charge in [0.2, 0.25) is 29.5 Å². The van der Waals surface area contributed by atoms with E-state index >= 15 is 0 Å². The minimum atomic E-state index is -0.929. The zero-order chi connectivity index (χ0) is 45.9. The van der Waals surface area contributed by atoms with Crippen LogP contribution >= 0.6 is 0 Å². The van der Waals surface area contributed by atoms with Gasteiger partial charge in [-0.15, -0.1) is 0 Å². The maximum Gasteiger partial charge on any atom is 0.312 e. The van der Waals surface area contributed by atoms with Crippen LogP contribution < -0.4 is 37.2 Å².